The Morgan fingerprint density at radius 1 is 1.32 bits per heavy atom. The smallest absolute Gasteiger partial charge is 0.170 e. The van der Waals surface area contributed by atoms with E-state index in [4.69, 9.17) is 0 Å². The summed E-state index contributed by atoms with van der Waals surface area (Å²) >= 11 is 0. The van der Waals surface area contributed by atoms with Gasteiger partial charge in [-0.05, 0) is 44.2 Å². The summed E-state index contributed by atoms with van der Waals surface area (Å²) in [6.45, 7) is 5.73. The molecule has 1 aliphatic heterocycles. The van der Waals surface area contributed by atoms with Crippen molar-refractivity contribution in [1.29, 1.82) is 0 Å². The van der Waals surface area contributed by atoms with Gasteiger partial charge >= 0.3 is 0 Å². The minimum atomic E-state index is -0.258. The van der Waals surface area contributed by atoms with Gasteiger partial charge in [0.05, 0.1) is 5.52 Å². The topological polar surface area (TPSA) is 42.0 Å². The Hall–Kier alpha value is -1.74. The number of hydrogen-bond acceptors (Lipinski definition) is 3. The Morgan fingerprint density at radius 2 is 2.16 bits per heavy atom. The van der Waals surface area contributed by atoms with Crippen LogP contribution in [0.2, 0.25) is 0 Å². The van der Waals surface area contributed by atoms with Crippen molar-refractivity contribution in [2.45, 2.75) is 20.3 Å². The first kappa shape index (κ1) is 12.3. The number of fused-ring (bicyclic) bond motifs is 1. The highest BCUT2D eigenvalue weighted by Gasteiger charge is 2.36. The molecule has 1 aromatic carbocycles. The van der Waals surface area contributed by atoms with E-state index in [0.717, 1.165) is 41.7 Å². The molecule has 0 amide bonds. The lowest BCUT2D eigenvalue weighted by molar-refractivity contribution is 0.0839. The van der Waals surface area contributed by atoms with Gasteiger partial charge in [-0.2, -0.15) is 0 Å². The number of hydrogen-bond donors (Lipinski definition) is 1. The van der Waals surface area contributed by atoms with Crippen LogP contribution in [0.1, 0.15) is 29.4 Å². The molecule has 0 radical (unpaired) electrons. The van der Waals surface area contributed by atoms with Crippen molar-refractivity contribution in [2.75, 3.05) is 13.1 Å². The number of benzene rings is 1. The molecule has 1 fully saturated rings. The van der Waals surface area contributed by atoms with Crippen molar-refractivity contribution >= 4 is 16.7 Å². The number of aryl methyl sites for hydroxylation is 1. The van der Waals surface area contributed by atoms with Crippen molar-refractivity contribution in [3.63, 3.8) is 0 Å². The minimum Gasteiger partial charge on any atom is -0.316 e. The number of nitrogens with one attached hydrogen (secondary N) is 1. The molecule has 1 aromatic heterocycles. The Balaban J connectivity index is 2.01. The highest BCUT2D eigenvalue weighted by molar-refractivity contribution is 6.03. The molecule has 3 rings (SSSR count). The fourth-order valence-corrected chi connectivity index (χ4v) is 2.73. The Kier molecular flexibility index (Phi) is 2.86. The average molecular weight is 254 g/mol. The monoisotopic (exact) mass is 254 g/mol. The maximum atomic E-state index is 12.6. The summed E-state index contributed by atoms with van der Waals surface area (Å²) in [5.41, 5.74) is 2.49. The number of nitrogens with zero attached hydrogens (tertiary/aromatic N) is 1. The van der Waals surface area contributed by atoms with E-state index in [1.165, 1.54) is 0 Å². The van der Waals surface area contributed by atoms with Crippen LogP contribution < -0.4 is 5.32 Å². The summed E-state index contributed by atoms with van der Waals surface area (Å²) in [5.74, 6) is 0.236. The van der Waals surface area contributed by atoms with Gasteiger partial charge in [-0.1, -0.05) is 13.0 Å². The maximum Gasteiger partial charge on any atom is 0.170 e. The van der Waals surface area contributed by atoms with Gasteiger partial charge in [0.25, 0.3) is 0 Å². The van der Waals surface area contributed by atoms with Crippen molar-refractivity contribution < 1.29 is 4.79 Å². The van der Waals surface area contributed by atoms with Crippen LogP contribution in [0, 0.1) is 12.3 Å². The summed E-state index contributed by atoms with van der Waals surface area (Å²) in [6.07, 6.45) is 0.913. The van der Waals surface area contributed by atoms with E-state index in [9.17, 15) is 4.79 Å². The Morgan fingerprint density at radius 3 is 2.89 bits per heavy atom. The lowest BCUT2D eigenvalue weighted by Gasteiger charge is -2.21. The van der Waals surface area contributed by atoms with Gasteiger partial charge in [0, 0.05) is 28.6 Å². The number of carbonyl (C=O) groups is 1. The van der Waals surface area contributed by atoms with Crippen LogP contribution in [0.15, 0.2) is 30.3 Å². The van der Waals surface area contributed by atoms with Crippen molar-refractivity contribution in [3.8, 4) is 0 Å². The molecule has 3 nitrogen and oxygen atoms in total. The first-order valence-corrected chi connectivity index (χ1v) is 6.71. The quantitative estimate of drug-likeness (QED) is 0.838. The molecule has 0 spiro atoms. The van der Waals surface area contributed by atoms with Crippen LogP contribution in [0.3, 0.4) is 0 Å². The Labute approximate surface area is 113 Å². The predicted molar refractivity (Wildman–Crippen MR) is 76.4 cm³/mol. The second kappa shape index (κ2) is 4.42. The third-order valence-electron chi connectivity index (χ3n) is 4.01. The molecule has 0 saturated carbocycles. The molecule has 1 aliphatic rings. The first-order valence-electron chi connectivity index (χ1n) is 6.71. The summed E-state index contributed by atoms with van der Waals surface area (Å²) in [4.78, 5) is 17.1. The van der Waals surface area contributed by atoms with Crippen LogP contribution in [0.25, 0.3) is 10.9 Å². The van der Waals surface area contributed by atoms with Gasteiger partial charge in [0.2, 0.25) is 0 Å². The van der Waals surface area contributed by atoms with E-state index in [0.29, 0.717) is 0 Å². The molecule has 3 heteroatoms. The summed E-state index contributed by atoms with van der Waals surface area (Å²) < 4.78 is 0. The van der Waals surface area contributed by atoms with Crippen LogP contribution in [-0.4, -0.2) is 23.9 Å². The van der Waals surface area contributed by atoms with Gasteiger partial charge in [0.1, 0.15) is 0 Å². The van der Waals surface area contributed by atoms with Crippen LogP contribution >= 0.6 is 0 Å². The summed E-state index contributed by atoms with van der Waals surface area (Å²) in [6, 6.07) is 9.83. The molecular formula is C16H18N2O. The second-order valence-electron chi connectivity index (χ2n) is 5.68. The largest absolute Gasteiger partial charge is 0.316 e. The number of aromatic nitrogens is 1. The van der Waals surface area contributed by atoms with Crippen LogP contribution in [-0.2, 0) is 0 Å². The van der Waals surface area contributed by atoms with Crippen LogP contribution in [0.5, 0.6) is 0 Å². The molecule has 1 N–H and O–H groups in total. The molecule has 98 valence electrons. The van der Waals surface area contributed by atoms with Gasteiger partial charge in [-0.3, -0.25) is 9.78 Å². The predicted octanol–water partition coefficient (Wildman–Crippen LogP) is 2.73. The van der Waals surface area contributed by atoms with Crippen molar-refractivity contribution in [1.82, 2.24) is 10.3 Å². The molecule has 19 heavy (non-hydrogen) atoms. The number of carbonyl (C=O) groups excluding carboxylic acids is 1. The van der Waals surface area contributed by atoms with Gasteiger partial charge < -0.3 is 5.32 Å². The molecule has 0 bridgehead atoms. The normalized spacial score (nSPS) is 22.8. The average Bonchev–Trinajstić information content (AvgIpc) is 2.85. The van der Waals surface area contributed by atoms with E-state index in [1.54, 1.807) is 0 Å². The maximum absolute atomic E-state index is 12.6. The van der Waals surface area contributed by atoms with E-state index in [1.807, 2.05) is 44.2 Å². The molecular weight excluding hydrogens is 236 g/mol. The molecule has 0 aliphatic carbocycles. The third kappa shape index (κ3) is 2.15. The summed E-state index contributed by atoms with van der Waals surface area (Å²) in [5, 5.41) is 4.31. The zero-order valence-corrected chi connectivity index (χ0v) is 11.4. The fraction of sp³-hybridized carbons (Fsp3) is 0.375. The lowest BCUT2D eigenvalue weighted by atomic mass is 9.81. The van der Waals surface area contributed by atoms with Gasteiger partial charge in [0.15, 0.2) is 5.78 Å². The zero-order chi connectivity index (χ0) is 13.5. The number of ketones is 1. The Bertz CT molecular complexity index is 642. The molecule has 1 saturated heterocycles. The second-order valence-corrected chi connectivity index (χ2v) is 5.68. The van der Waals surface area contributed by atoms with E-state index in [-0.39, 0.29) is 11.2 Å². The highest BCUT2D eigenvalue weighted by Crippen LogP contribution is 2.30. The standard InChI is InChI=1S/C16H18N2O/c1-11-3-4-12-9-13(5-6-14(12)18-11)15(19)16(2)7-8-17-10-16/h3-6,9,17H,7-8,10H2,1-2H3. The van der Waals surface area contributed by atoms with Gasteiger partial charge in [-0.25, -0.2) is 0 Å². The minimum absolute atomic E-state index is 0.236. The number of Topliss-reactive ketones (excluding diaryl/α,β-unsaturated/α-hetero) is 1. The first-order chi connectivity index (χ1) is 9.08. The summed E-state index contributed by atoms with van der Waals surface area (Å²) in [7, 11) is 0. The zero-order valence-electron chi connectivity index (χ0n) is 11.4. The molecule has 1 unspecified atom stereocenters. The number of rotatable bonds is 2. The van der Waals surface area contributed by atoms with Crippen molar-refractivity contribution in [2.24, 2.45) is 5.41 Å². The fourth-order valence-electron chi connectivity index (χ4n) is 2.73. The van der Waals surface area contributed by atoms with Crippen LogP contribution in [0.4, 0.5) is 0 Å². The van der Waals surface area contributed by atoms with E-state index < -0.39 is 0 Å². The van der Waals surface area contributed by atoms with E-state index in [2.05, 4.69) is 10.3 Å². The van der Waals surface area contributed by atoms with Crippen molar-refractivity contribution in [3.05, 3.63) is 41.6 Å². The SMILES string of the molecule is Cc1ccc2cc(C(=O)C3(C)CCNC3)ccc2n1. The number of pyridine rings is 1. The van der Waals surface area contributed by atoms with E-state index >= 15 is 0 Å². The molecule has 2 aromatic rings. The third-order valence-corrected chi connectivity index (χ3v) is 4.01. The highest BCUT2D eigenvalue weighted by atomic mass is 16.1. The molecule has 1 atom stereocenters. The lowest BCUT2D eigenvalue weighted by Crippen LogP contribution is -2.30. The molecule has 2 heterocycles. The van der Waals surface area contributed by atoms with Gasteiger partial charge in [-0.15, -0.1) is 0 Å².